The molecule has 0 saturated carbocycles. The van der Waals surface area contributed by atoms with E-state index in [2.05, 4.69) is 223 Å². The minimum atomic E-state index is 0.0142. The predicted molar refractivity (Wildman–Crippen MR) is 289 cm³/mol. The molecule has 7 aromatic rings. The largest absolute Gasteiger partial charge is 0.311 e. The molecule has 0 bridgehead atoms. The van der Waals surface area contributed by atoms with Crippen LogP contribution in [-0.2, 0) is 5.41 Å². The molecule has 1 aliphatic rings. The van der Waals surface area contributed by atoms with Crippen LogP contribution in [-0.4, -0.2) is 0 Å². The van der Waals surface area contributed by atoms with Crippen LogP contribution in [0.15, 0.2) is 158 Å². The summed E-state index contributed by atoms with van der Waals surface area (Å²) in [6.45, 7) is 18.0. The molecule has 1 unspecified atom stereocenters. The van der Waals surface area contributed by atoms with Crippen molar-refractivity contribution >= 4 is 34.1 Å². The number of unbranched alkanes of at least 4 members (excludes halogenated alkanes) is 10. The molecule has 2 heteroatoms. The molecule has 0 heterocycles. The molecule has 0 amide bonds. The van der Waals surface area contributed by atoms with E-state index < -0.39 is 0 Å². The van der Waals surface area contributed by atoms with Crippen molar-refractivity contribution in [1.82, 2.24) is 0 Å². The van der Waals surface area contributed by atoms with E-state index in [4.69, 9.17) is 0 Å². The lowest BCUT2D eigenvalue weighted by Gasteiger charge is -2.29. The van der Waals surface area contributed by atoms with Gasteiger partial charge in [-0.1, -0.05) is 206 Å². The van der Waals surface area contributed by atoms with Gasteiger partial charge in [-0.05, 0) is 146 Å². The van der Waals surface area contributed by atoms with Gasteiger partial charge in [0, 0.05) is 39.5 Å². The molecule has 0 saturated heterocycles. The van der Waals surface area contributed by atoms with Gasteiger partial charge in [0.1, 0.15) is 0 Å². The predicted octanol–water partition coefficient (Wildman–Crippen LogP) is 19.9. The number of hydrogen-bond acceptors (Lipinski definition) is 2. The first-order chi connectivity index (χ1) is 32.1. The maximum Gasteiger partial charge on any atom is 0.0463 e. The van der Waals surface area contributed by atoms with E-state index in [1.54, 1.807) is 0 Å². The van der Waals surface area contributed by atoms with E-state index in [0.29, 0.717) is 0 Å². The third-order valence-electron chi connectivity index (χ3n) is 13.9. The van der Waals surface area contributed by atoms with Crippen molar-refractivity contribution in [2.24, 2.45) is 0 Å². The van der Waals surface area contributed by atoms with Crippen LogP contribution < -0.4 is 9.80 Å². The number of benzene rings is 7. The minimum Gasteiger partial charge on any atom is -0.311 e. The summed E-state index contributed by atoms with van der Waals surface area (Å²) in [4.78, 5) is 4.71. The molecular formula is C64H76N2. The van der Waals surface area contributed by atoms with Gasteiger partial charge in [0.05, 0.1) is 0 Å². The number of fused-ring (bicyclic) bond motifs is 3. The zero-order valence-electron chi connectivity index (χ0n) is 41.6. The van der Waals surface area contributed by atoms with Crippen molar-refractivity contribution < 1.29 is 0 Å². The van der Waals surface area contributed by atoms with Gasteiger partial charge in [0.15, 0.2) is 0 Å². The number of anilines is 6. The Kier molecular flexibility index (Phi) is 16.8. The van der Waals surface area contributed by atoms with Crippen LogP contribution in [0.3, 0.4) is 0 Å². The molecule has 0 radical (unpaired) electrons. The van der Waals surface area contributed by atoms with E-state index in [0.717, 1.165) is 34.1 Å². The molecule has 0 aromatic heterocycles. The smallest absolute Gasteiger partial charge is 0.0463 e. The summed E-state index contributed by atoms with van der Waals surface area (Å²) in [5.41, 5.74) is 20.2. The quantitative estimate of drug-likeness (QED) is 0.0747. The standard InChI is InChI=1S/C56H58N2.C8H18/c1-7-8-9-10-11-12-37-56(6)54-38-43(5)19-35-52(54)53-36-22-45(39-55(53)56)44-20-29-49(30-21-44)58(48-27-17-42(4)18-28-48)51-33-31-50(32-34-51)57(46-23-13-40(2)14-24-46)47-25-15-41(3)16-26-47;1-3-5-7-8-6-4-2/h13-36,38-39H,7-12,37H2,1-6H3;3-8H2,1-2H3. The van der Waals surface area contributed by atoms with E-state index in [9.17, 15) is 0 Å². The van der Waals surface area contributed by atoms with Crippen LogP contribution in [0.1, 0.15) is 145 Å². The highest BCUT2D eigenvalue weighted by molar-refractivity contribution is 5.85. The monoisotopic (exact) mass is 873 g/mol. The van der Waals surface area contributed by atoms with Gasteiger partial charge in [0.25, 0.3) is 0 Å². The zero-order valence-corrected chi connectivity index (χ0v) is 41.6. The maximum absolute atomic E-state index is 2.50. The van der Waals surface area contributed by atoms with Crippen molar-refractivity contribution in [2.45, 2.75) is 144 Å². The van der Waals surface area contributed by atoms with Gasteiger partial charge in [0.2, 0.25) is 0 Å². The summed E-state index contributed by atoms with van der Waals surface area (Å²) in [5.74, 6) is 0. The molecule has 2 nitrogen and oxygen atoms in total. The fourth-order valence-electron chi connectivity index (χ4n) is 9.82. The Hall–Kier alpha value is -5.86. The second-order valence-corrected chi connectivity index (χ2v) is 19.3. The van der Waals surface area contributed by atoms with Crippen LogP contribution in [0.2, 0.25) is 0 Å². The molecular weight excluding hydrogens is 797 g/mol. The first kappa shape index (κ1) is 48.1. The number of rotatable bonds is 19. The molecule has 342 valence electrons. The van der Waals surface area contributed by atoms with Crippen LogP contribution in [0.5, 0.6) is 0 Å². The Morgan fingerprint density at radius 2 is 0.621 bits per heavy atom. The number of hydrogen-bond donors (Lipinski definition) is 0. The molecule has 1 atom stereocenters. The normalized spacial score (nSPS) is 13.7. The van der Waals surface area contributed by atoms with Crippen molar-refractivity contribution in [2.75, 3.05) is 9.80 Å². The molecule has 0 aliphatic heterocycles. The highest BCUT2D eigenvalue weighted by atomic mass is 15.2. The number of nitrogens with zero attached hydrogens (tertiary/aromatic N) is 2. The first-order valence-electron chi connectivity index (χ1n) is 25.4. The topological polar surface area (TPSA) is 6.48 Å². The first-order valence-corrected chi connectivity index (χ1v) is 25.4. The Bertz CT molecular complexity index is 2510. The SMILES string of the molecule is CCCCCCCC.CCCCCCCCC1(C)c2cc(C)ccc2-c2ccc(-c3ccc(N(c4ccc(C)cc4)c4ccc(N(c5ccc(C)cc5)c5ccc(C)cc5)cc4)cc3)cc21. The summed E-state index contributed by atoms with van der Waals surface area (Å²) in [6, 6.07) is 58.9. The fourth-order valence-corrected chi connectivity index (χ4v) is 9.82. The zero-order chi connectivity index (χ0) is 46.5. The molecule has 0 fully saturated rings. The highest BCUT2D eigenvalue weighted by Crippen LogP contribution is 2.53. The van der Waals surface area contributed by atoms with Crippen LogP contribution in [0.4, 0.5) is 34.1 Å². The third-order valence-corrected chi connectivity index (χ3v) is 13.9. The van der Waals surface area contributed by atoms with Gasteiger partial charge in [-0.2, -0.15) is 0 Å². The minimum absolute atomic E-state index is 0.0142. The lowest BCUT2D eigenvalue weighted by Crippen LogP contribution is -2.21. The molecule has 0 spiro atoms. The van der Waals surface area contributed by atoms with Crippen LogP contribution in [0.25, 0.3) is 22.3 Å². The van der Waals surface area contributed by atoms with Crippen molar-refractivity contribution in [1.29, 1.82) is 0 Å². The van der Waals surface area contributed by atoms with Crippen molar-refractivity contribution in [3.05, 3.63) is 191 Å². The van der Waals surface area contributed by atoms with Gasteiger partial charge in [-0.15, -0.1) is 0 Å². The van der Waals surface area contributed by atoms with E-state index in [1.807, 2.05) is 0 Å². The Morgan fingerprint density at radius 3 is 1.03 bits per heavy atom. The van der Waals surface area contributed by atoms with E-state index in [1.165, 1.54) is 139 Å². The Labute approximate surface area is 399 Å². The molecule has 7 aromatic carbocycles. The second kappa shape index (κ2) is 23.0. The van der Waals surface area contributed by atoms with Crippen molar-refractivity contribution in [3.63, 3.8) is 0 Å². The molecule has 0 N–H and O–H groups in total. The van der Waals surface area contributed by atoms with Crippen LogP contribution >= 0.6 is 0 Å². The summed E-state index contributed by atoms with van der Waals surface area (Å²) in [6.07, 6.45) is 17.6. The number of aryl methyl sites for hydroxylation is 4. The Morgan fingerprint density at radius 1 is 0.318 bits per heavy atom. The summed E-state index contributed by atoms with van der Waals surface area (Å²) in [5, 5.41) is 0. The Balaban J connectivity index is 0.000000742. The lowest BCUT2D eigenvalue weighted by molar-refractivity contribution is 0.480. The highest BCUT2D eigenvalue weighted by Gasteiger charge is 2.39. The molecule has 1 aliphatic carbocycles. The lowest BCUT2D eigenvalue weighted by atomic mass is 9.75. The van der Waals surface area contributed by atoms with Gasteiger partial charge < -0.3 is 9.80 Å². The molecule has 8 rings (SSSR count). The average Bonchev–Trinajstić information content (AvgIpc) is 3.57. The van der Waals surface area contributed by atoms with Gasteiger partial charge in [-0.3, -0.25) is 0 Å². The fraction of sp³-hybridized carbons (Fsp3) is 0.344. The van der Waals surface area contributed by atoms with E-state index in [-0.39, 0.29) is 5.41 Å². The maximum atomic E-state index is 2.50. The van der Waals surface area contributed by atoms with Crippen molar-refractivity contribution in [3.8, 4) is 22.3 Å². The molecule has 66 heavy (non-hydrogen) atoms. The van der Waals surface area contributed by atoms with Gasteiger partial charge >= 0.3 is 0 Å². The van der Waals surface area contributed by atoms with Gasteiger partial charge in [-0.25, -0.2) is 0 Å². The summed E-state index contributed by atoms with van der Waals surface area (Å²) >= 11 is 0. The average molecular weight is 873 g/mol. The summed E-state index contributed by atoms with van der Waals surface area (Å²) in [7, 11) is 0. The van der Waals surface area contributed by atoms with E-state index >= 15 is 0 Å². The third kappa shape index (κ3) is 11.6. The van der Waals surface area contributed by atoms with Crippen LogP contribution in [0, 0.1) is 27.7 Å². The second-order valence-electron chi connectivity index (χ2n) is 19.3. The summed E-state index contributed by atoms with van der Waals surface area (Å²) < 4.78 is 0.